The number of ether oxygens (including phenoxy) is 2. The van der Waals surface area contributed by atoms with Crippen molar-refractivity contribution in [2.75, 3.05) is 13.7 Å². The van der Waals surface area contributed by atoms with E-state index in [0.29, 0.717) is 6.61 Å². The zero-order chi connectivity index (χ0) is 11.9. The molecule has 0 fully saturated rings. The highest BCUT2D eigenvalue weighted by molar-refractivity contribution is 5.79. The summed E-state index contributed by atoms with van der Waals surface area (Å²) in [4.78, 5) is 22.1. The van der Waals surface area contributed by atoms with Gasteiger partial charge < -0.3 is 9.47 Å². The van der Waals surface area contributed by atoms with Crippen molar-refractivity contribution in [1.29, 1.82) is 0 Å². The Morgan fingerprint density at radius 1 is 1.20 bits per heavy atom. The maximum absolute atomic E-state index is 11.1. The number of hydrogen-bond acceptors (Lipinski definition) is 4. The van der Waals surface area contributed by atoms with Crippen molar-refractivity contribution in [2.24, 2.45) is 0 Å². The molecular formula is C9H18N2O4. The van der Waals surface area contributed by atoms with Crippen LogP contribution in [-0.2, 0) is 14.3 Å². The van der Waals surface area contributed by atoms with Crippen LogP contribution in [0.2, 0.25) is 0 Å². The lowest BCUT2D eigenvalue weighted by Crippen LogP contribution is -2.44. The molecule has 0 rings (SSSR count). The molecule has 0 bridgehead atoms. The molecule has 0 aliphatic rings. The summed E-state index contributed by atoms with van der Waals surface area (Å²) in [5.74, 6) is -0.331. The van der Waals surface area contributed by atoms with E-state index in [2.05, 4.69) is 10.9 Å². The number of hydrogen-bond donors (Lipinski definition) is 2. The predicted octanol–water partition coefficient (Wildman–Crippen LogP) is 0.579. The molecule has 6 heteroatoms. The third-order valence-corrected chi connectivity index (χ3v) is 1.24. The zero-order valence-corrected chi connectivity index (χ0v) is 9.55. The molecule has 0 aromatic carbocycles. The second-order valence-electron chi connectivity index (χ2n) is 3.92. The number of nitrogens with one attached hydrogen (secondary N) is 2. The third-order valence-electron chi connectivity index (χ3n) is 1.24. The minimum absolute atomic E-state index is 0.187. The van der Waals surface area contributed by atoms with E-state index < -0.39 is 11.7 Å². The van der Waals surface area contributed by atoms with Crippen LogP contribution in [0.3, 0.4) is 0 Å². The van der Waals surface area contributed by atoms with Crippen LogP contribution in [-0.4, -0.2) is 31.3 Å². The summed E-state index contributed by atoms with van der Waals surface area (Å²) in [5.41, 5.74) is 3.75. The van der Waals surface area contributed by atoms with Gasteiger partial charge in [-0.05, 0) is 20.8 Å². The van der Waals surface area contributed by atoms with Gasteiger partial charge in [-0.2, -0.15) is 0 Å². The van der Waals surface area contributed by atoms with E-state index in [1.54, 1.807) is 20.8 Å². The average Bonchev–Trinajstić information content (AvgIpc) is 2.08. The molecule has 0 aromatic rings. The smallest absolute Gasteiger partial charge is 0.426 e. The quantitative estimate of drug-likeness (QED) is 0.679. The number of methoxy groups -OCH3 is 1. The third kappa shape index (κ3) is 9.01. The highest BCUT2D eigenvalue weighted by Crippen LogP contribution is 2.05. The van der Waals surface area contributed by atoms with Crippen LogP contribution < -0.4 is 10.9 Å². The van der Waals surface area contributed by atoms with Gasteiger partial charge in [-0.3, -0.25) is 10.2 Å². The van der Waals surface area contributed by atoms with Crippen molar-refractivity contribution in [1.82, 2.24) is 10.9 Å². The summed E-state index contributed by atoms with van der Waals surface area (Å²) < 4.78 is 9.59. The van der Waals surface area contributed by atoms with Crippen LogP contribution in [0.5, 0.6) is 0 Å². The van der Waals surface area contributed by atoms with Crippen LogP contribution in [0.4, 0.5) is 4.79 Å². The summed E-state index contributed by atoms with van der Waals surface area (Å²) in [7, 11) is 1.49. The van der Waals surface area contributed by atoms with Gasteiger partial charge in [0.2, 0.25) is 5.91 Å². The van der Waals surface area contributed by atoms with Gasteiger partial charge in [0.1, 0.15) is 5.60 Å². The van der Waals surface area contributed by atoms with E-state index in [0.717, 1.165) is 0 Å². The average molecular weight is 218 g/mol. The van der Waals surface area contributed by atoms with Crippen molar-refractivity contribution in [3.63, 3.8) is 0 Å². The highest BCUT2D eigenvalue weighted by Gasteiger charge is 2.16. The summed E-state index contributed by atoms with van der Waals surface area (Å²) in [6.45, 7) is 5.51. The molecule has 0 saturated carbocycles. The fourth-order valence-corrected chi connectivity index (χ4v) is 0.682. The van der Waals surface area contributed by atoms with Gasteiger partial charge in [-0.25, -0.2) is 10.2 Å². The lowest BCUT2D eigenvalue weighted by atomic mass is 10.2. The lowest BCUT2D eigenvalue weighted by Gasteiger charge is -2.19. The van der Waals surface area contributed by atoms with E-state index in [1.807, 2.05) is 0 Å². The second-order valence-corrected chi connectivity index (χ2v) is 3.92. The van der Waals surface area contributed by atoms with Crippen LogP contribution in [0.1, 0.15) is 27.2 Å². The molecular weight excluding hydrogens is 200 g/mol. The van der Waals surface area contributed by atoms with Gasteiger partial charge in [0.15, 0.2) is 0 Å². The number of rotatable bonds is 3. The van der Waals surface area contributed by atoms with Crippen LogP contribution in [0, 0.1) is 0 Å². The molecule has 0 aliphatic carbocycles. The Hall–Kier alpha value is -1.30. The number of amides is 2. The Kier molecular flexibility index (Phi) is 5.69. The fourth-order valence-electron chi connectivity index (χ4n) is 0.682. The summed E-state index contributed by atoms with van der Waals surface area (Å²) >= 11 is 0. The maximum Gasteiger partial charge on any atom is 0.426 e. The Balaban J connectivity index is 3.67. The molecule has 0 spiro atoms. The van der Waals surface area contributed by atoms with E-state index in [1.165, 1.54) is 7.11 Å². The van der Waals surface area contributed by atoms with Gasteiger partial charge in [-0.15, -0.1) is 0 Å². The largest absolute Gasteiger partial charge is 0.443 e. The van der Waals surface area contributed by atoms with Crippen molar-refractivity contribution < 1.29 is 19.1 Å². The van der Waals surface area contributed by atoms with Gasteiger partial charge in [0.05, 0.1) is 13.0 Å². The van der Waals surface area contributed by atoms with Crippen LogP contribution >= 0.6 is 0 Å². The Morgan fingerprint density at radius 3 is 2.27 bits per heavy atom. The Labute approximate surface area is 89.3 Å². The second kappa shape index (κ2) is 6.23. The van der Waals surface area contributed by atoms with Crippen molar-refractivity contribution in [3.05, 3.63) is 0 Å². The lowest BCUT2D eigenvalue weighted by molar-refractivity contribution is -0.123. The minimum Gasteiger partial charge on any atom is -0.443 e. The van der Waals surface area contributed by atoms with Crippen LogP contribution in [0.15, 0.2) is 0 Å². The van der Waals surface area contributed by atoms with E-state index in [-0.39, 0.29) is 12.3 Å². The van der Waals surface area contributed by atoms with Crippen LogP contribution in [0.25, 0.3) is 0 Å². The fraction of sp³-hybridized carbons (Fsp3) is 0.778. The first kappa shape index (κ1) is 13.7. The van der Waals surface area contributed by atoms with Gasteiger partial charge >= 0.3 is 6.09 Å². The Bertz CT molecular complexity index is 223. The molecule has 0 aliphatic heterocycles. The molecule has 0 aromatic heterocycles. The summed E-state index contributed by atoms with van der Waals surface area (Å²) in [6.07, 6.45) is -0.500. The van der Waals surface area contributed by atoms with Gasteiger partial charge in [-0.1, -0.05) is 0 Å². The van der Waals surface area contributed by atoms with E-state index in [9.17, 15) is 9.59 Å². The summed E-state index contributed by atoms with van der Waals surface area (Å²) in [6, 6.07) is 0. The summed E-state index contributed by atoms with van der Waals surface area (Å²) in [5, 5.41) is 0. The molecule has 15 heavy (non-hydrogen) atoms. The number of hydrazine groups is 1. The molecule has 0 radical (unpaired) electrons. The molecule has 0 heterocycles. The van der Waals surface area contributed by atoms with Gasteiger partial charge in [0, 0.05) is 7.11 Å². The molecule has 2 amide bonds. The molecule has 2 N–H and O–H groups in total. The minimum atomic E-state index is -0.687. The maximum atomic E-state index is 11.1. The predicted molar refractivity (Wildman–Crippen MR) is 54.0 cm³/mol. The van der Waals surface area contributed by atoms with E-state index >= 15 is 0 Å². The Morgan fingerprint density at radius 2 is 1.80 bits per heavy atom. The van der Waals surface area contributed by atoms with Gasteiger partial charge in [0.25, 0.3) is 0 Å². The molecule has 0 saturated heterocycles. The van der Waals surface area contributed by atoms with E-state index in [4.69, 9.17) is 9.47 Å². The highest BCUT2D eigenvalue weighted by atomic mass is 16.6. The normalized spacial score (nSPS) is 10.7. The zero-order valence-electron chi connectivity index (χ0n) is 9.55. The molecule has 6 nitrogen and oxygen atoms in total. The molecule has 0 unspecified atom stereocenters. The van der Waals surface area contributed by atoms with Crippen molar-refractivity contribution in [3.8, 4) is 0 Å². The number of carbonyl (C=O) groups is 2. The monoisotopic (exact) mass is 218 g/mol. The number of carbonyl (C=O) groups excluding carboxylic acids is 2. The van der Waals surface area contributed by atoms with Crippen molar-refractivity contribution >= 4 is 12.0 Å². The first-order chi connectivity index (χ1) is 6.85. The first-order valence-electron chi connectivity index (χ1n) is 4.62. The SMILES string of the molecule is COCCC(=O)NNC(=O)OC(C)(C)C. The topological polar surface area (TPSA) is 76.7 Å². The van der Waals surface area contributed by atoms with Crippen molar-refractivity contribution in [2.45, 2.75) is 32.8 Å². The molecule has 0 atom stereocenters. The standard InChI is InChI=1S/C9H18N2O4/c1-9(2,3)15-8(13)11-10-7(12)5-6-14-4/h5-6H2,1-4H3,(H,10,12)(H,11,13). The molecule has 88 valence electrons. The first-order valence-corrected chi connectivity index (χ1v) is 4.62.